The minimum atomic E-state index is -0.447. The van der Waals surface area contributed by atoms with Gasteiger partial charge in [0.05, 0.1) is 26.3 Å². The third-order valence-corrected chi connectivity index (χ3v) is 4.36. The SMILES string of the molecule is COc1ccc([C@H]2CCC[NH+]2CC(=O)NC(=O)NC(C)C)c(OC)c1. The van der Waals surface area contributed by atoms with E-state index in [0.717, 1.165) is 41.3 Å². The number of hydrogen-bond donors (Lipinski definition) is 3. The predicted molar refractivity (Wildman–Crippen MR) is 94.0 cm³/mol. The summed E-state index contributed by atoms with van der Waals surface area (Å²) in [5.41, 5.74) is 1.07. The average molecular weight is 350 g/mol. The Morgan fingerprint density at radius 3 is 2.68 bits per heavy atom. The lowest BCUT2D eigenvalue weighted by atomic mass is 10.0. The maximum absolute atomic E-state index is 12.2. The van der Waals surface area contributed by atoms with Crippen molar-refractivity contribution in [3.63, 3.8) is 0 Å². The molecule has 1 aromatic rings. The maximum atomic E-state index is 12.2. The minimum Gasteiger partial charge on any atom is -0.497 e. The van der Waals surface area contributed by atoms with Gasteiger partial charge >= 0.3 is 6.03 Å². The lowest BCUT2D eigenvalue weighted by Crippen LogP contribution is -3.11. The number of hydrogen-bond acceptors (Lipinski definition) is 4. The van der Waals surface area contributed by atoms with Crippen LogP contribution in [0, 0.1) is 0 Å². The van der Waals surface area contributed by atoms with Crippen molar-refractivity contribution in [2.75, 3.05) is 27.3 Å². The number of methoxy groups -OCH3 is 2. The Kier molecular flexibility index (Phi) is 6.64. The molecule has 0 aliphatic carbocycles. The Balaban J connectivity index is 2.05. The number of nitrogens with one attached hydrogen (secondary N) is 3. The van der Waals surface area contributed by atoms with Crippen LogP contribution in [0.25, 0.3) is 0 Å². The van der Waals surface area contributed by atoms with Gasteiger partial charge in [-0.15, -0.1) is 0 Å². The fourth-order valence-corrected chi connectivity index (χ4v) is 3.28. The second kappa shape index (κ2) is 8.71. The molecule has 7 heteroatoms. The van der Waals surface area contributed by atoms with Crippen LogP contribution in [0.4, 0.5) is 4.79 Å². The van der Waals surface area contributed by atoms with Gasteiger partial charge in [-0.1, -0.05) is 0 Å². The van der Waals surface area contributed by atoms with Crippen molar-refractivity contribution < 1.29 is 24.0 Å². The molecule has 0 saturated carbocycles. The second-order valence-electron chi connectivity index (χ2n) is 6.56. The number of quaternary nitrogens is 1. The first kappa shape index (κ1) is 19.1. The van der Waals surface area contributed by atoms with Crippen molar-refractivity contribution >= 4 is 11.9 Å². The van der Waals surface area contributed by atoms with Crippen LogP contribution in [0.15, 0.2) is 18.2 Å². The van der Waals surface area contributed by atoms with E-state index in [2.05, 4.69) is 10.6 Å². The summed E-state index contributed by atoms with van der Waals surface area (Å²) < 4.78 is 10.7. The molecule has 1 fully saturated rings. The summed E-state index contributed by atoms with van der Waals surface area (Å²) in [7, 11) is 3.25. The molecule has 138 valence electrons. The predicted octanol–water partition coefficient (Wildman–Crippen LogP) is 0.658. The summed E-state index contributed by atoms with van der Waals surface area (Å²) in [5.74, 6) is 1.23. The summed E-state index contributed by atoms with van der Waals surface area (Å²) in [4.78, 5) is 25.0. The van der Waals surface area contributed by atoms with Crippen LogP contribution in [0.1, 0.15) is 38.3 Å². The Morgan fingerprint density at radius 2 is 2.04 bits per heavy atom. The summed E-state index contributed by atoms with van der Waals surface area (Å²) in [5, 5.41) is 5.05. The number of imide groups is 1. The molecule has 3 amide bonds. The van der Waals surface area contributed by atoms with Crippen molar-refractivity contribution in [1.82, 2.24) is 10.6 Å². The number of carbonyl (C=O) groups excluding carboxylic acids is 2. The molecule has 1 aromatic carbocycles. The largest absolute Gasteiger partial charge is 0.497 e. The normalized spacial score (nSPS) is 19.6. The molecule has 0 radical (unpaired) electrons. The highest BCUT2D eigenvalue weighted by molar-refractivity contribution is 5.94. The molecular formula is C18H28N3O4+. The molecule has 0 bridgehead atoms. The Labute approximate surface area is 148 Å². The molecule has 0 spiro atoms. The topological polar surface area (TPSA) is 81.1 Å². The van der Waals surface area contributed by atoms with Crippen LogP contribution >= 0.6 is 0 Å². The molecule has 1 heterocycles. The minimum absolute atomic E-state index is 0.0109. The number of carbonyl (C=O) groups is 2. The molecule has 25 heavy (non-hydrogen) atoms. The van der Waals surface area contributed by atoms with E-state index in [1.165, 1.54) is 0 Å². The number of rotatable bonds is 6. The Morgan fingerprint density at radius 1 is 1.28 bits per heavy atom. The highest BCUT2D eigenvalue weighted by Crippen LogP contribution is 2.31. The molecule has 7 nitrogen and oxygen atoms in total. The van der Waals surface area contributed by atoms with Gasteiger partial charge in [0.15, 0.2) is 6.54 Å². The smallest absolute Gasteiger partial charge is 0.321 e. The highest BCUT2D eigenvalue weighted by atomic mass is 16.5. The van der Waals surface area contributed by atoms with Crippen molar-refractivity contribution in [1.29, 1.82) is 0 Å². The van der Waals surface area contributed by atoms with Crippen LogP contribution in [0.2, 0.25) is 0 Å². The standard InChI is InChI=1S/C18H27N3O4/c1-12(2)19-18(23)20-17(22)11-21-9-5-6-15(21)14-8-7-13(24-3)10-16(14)25-4/h7-8,10,12,15H,5-6,9,11H2,1-4H3,(H2,19,20,22,23)/p+1/t15-/m1/s1. The van der Waals surface area contributed by atoms with Crippen molar-refractivity contribution in [2.24, 2.45) is 0 Å². The van der Waals surface area contributed by atoms with Crippen molar-refractivity contribution in [2.45, 2.75) is 38.8 Å². The second-order valence-corrected chi connectivity index (χ2v) is 6.56. The van der Waals surface area contributed by atoms with Gasteiger partial charge in [-0.3, -0.25) is 10.1 Å². The zero-order valence-corrected chi connectivity index (χ0v) is 15.3. The lowest BCUT2D eigenvalue weighted by Gasteiger charge is -2.23. The average Bonchev–Trinajstić information content (AvgIpc) is 3.00. The third kappa shape index (κ3) is 5.09. The molecule has 1 unspecified atom stereocenters. The number of benzene rings is 1. The van der Waals surface area contributed by atoms with Crippen molar-refractivity contribution in [3.05, 3.63) is 23.8 Å². The van der Waals surface area contributed by atoms with Crippen molar-refractivity contribution in [3.8, 4) is 11.5 Å². The van der Waals surface area contributed by atoms with Gasteiger partial charge in [-0.2, -0.15) is 0 Å². The van der Waals surface area contributed by atoms with E-state index in [9.17, 15) is 9.59 Å². The van der Waals surface area contributed by atoms with E-state index in [1.807, 2.05) is 32.0 Å². The molecule has 1 aliphatic heterocycles. The fourth-order valence-electron chi connectivity index (χ4n) is 3.28. The van der Waals surface area contributed by atoms with Gasteiger partial charge in [0.2, 0.25) is 0 Å². The maximum Gasteiger partial charge on any atom is 0.321 e. The monoisotopic (exact) mass is 350 g/mol. The summed E-state index contributed by atoms with van der Waals surface area (Å²) >= 11 is 0. The highest BCUT2D eigenvalue weighted by Gasteiger charge is 2.34. The van der Waals surface area contributed by atoms with Crippen LogP contribution in [-0.2, 0) is 4.79 Å². The quantitative estimate of drug-likeness (QED) is 0.704. The molecule has 1 saturated heterocycles. The molecule has 0 aromatic heterocycles. The van der Waals surface area contributed by atoms with Gasteiger partial charge < -0.3 is 19.7 Å². The third-order valence-electron chi connectivity index (χ3n) is 4.36. The molecule has 2 rings (SSSR count). The zero-order chi connectivity index (χ0) is 18.4. The number of likely N-dealkylation sites (tertiary alicyclic amines) is 1. The lowest BCUT2D eigenvalue weighted by molar-refractivity contribution is -0.910. The van der Waals surface area contributed by atoms with E-state index in [1.54, 1.807) is 14.2 Å². The number of amides is 3. The first-order chi connectivity index (χ1) is 11.9. The summed E-state index contributed by atoms with van der Waals surface area (Å²) in [6, 6.07) is 5.47. The first-order valence-corrected chi connectivity index (χ1v) is 8.61. The number of urea groups is 1. The van der Waals surface area contributed by atoms with E-state index in [4.69, 9.17) is 9.47 Å². The van der Waals surface area contributed by atoms with Crippen LogP contribution < -0.4 is 25.0 Å². The summed E-state index contributed by atoms with van der Waals surface area (Å²) in [6.45, 7) is 4.84. The van der Waals surface area contributed by atoms with E-state index >= 15 is 0 Å². The fraction of sp³-hybridized carbons (Fsp3) is 0.556. The molecule has 3 N–H and O–H groups in total. The molecule has 2 atom stereocenters. The van der Waals surface area contributed by atoms with E-state index < -0.39 is 6.03 Å². The number of ether oxygens (including phenoxy) is 2. The van der Waals surface area contributed by atoms with Gasteiger partial charge in [0.1, 0.15) is 17.5 Å². The van der Waals surface area contributed by atoms with Crippen LogP contribution in [-0.4, -0.2) is 45.3 Å². The first-order valence-electron chi connectivity index (χ1n) is 8.61. The zero-order valence-electron chi connectivity index (χ0n) is 15.3. The Hall–Kier alpha value is -2.28. The van der Waals surface area contributed by atoms with Gasteiger partial charge in [-0.05, 0) is 26.0 Å². The van der Waals surface area contributed by atoms with Gasteiger partial charge in [0.25, 0.3) is 5.91 Å². The van der Waals surface area contributed by atoms with Crippen LogP contribution in [0.3, 0.4) is 0 Å². The Bertz CT molecular complexity index is 618. The molecule has 1 aliphatic rings. The molecular weight excluding hydrogens is 322 g/mol. The van der Waals surface area contributed by atoms with Gasteiger partial charge in [-0.25, -0.2) is 4.79 Å². The van der Waals surface area contributed by atoms with E-state index in [0.29, 0.717) is 0 Å². The van der Waals surface area contributed by atoms with Gasteiger partial charge in [0, 0.05) is 24.9 Å². The summed E-state index contributed by atoms with van der Waals surface area (Å²) in [6.07, 6.45) is 2.00. The van der Waals surface area contributed by atoms with Crippen LogP contribution in [0.5, 0.6) is 11.5 Å². The van der Waals surface area contributed by atoms with E-state index in [-0.39, 0.29) is 24.5 Å².